The molecule has 3 heterocycles. The van der Waals surface area contributed by atoms with Crippen molar-refractivity contribution in [2.75, 3.05) is 19.8 Å². The van der Waals surface area contributed by atoms with Gasteiger partial charge >= 0.3 is 6.18 Å². The molecule has 1 aliphatic heterocycles. The number of rotatable bonds is 4. The summed E-state index contributed by atoms with van der Waals surface area (Å²) >= 11 is 0. The van der Waals surface area contributed by atoms with Crippen molar-refractivity contribution in [3.8, 4) is 11.5 Å². The SMILES string of the molecule is Cn1cc(-c2nc(C3COCCN3Cc3ccc(C(F)(F)F)cc3)no2)cn1. The molecule has 0 bridgehead atoms. The van der Waals surface area contributed by atoms with Crippen LogP contribution in [0.15, 0.2) is 41.2 Å². The Labute approximate surface area is 158 Å². The summed E-state index contributed by atoms with van der Waals surface area (Å²) < 4.78 is 50.8. The number of hydrogen-bond donors (Lipinski definition) is 0. The van der Waals surface area contributed by atoms with Gasteiger partial charge in [-0.25, -0.2) is 0 Å². The molecular weight excluding hydrogens is 375 g/mol. The van der Waals surface area contributed by atoms with Crippen molar-refractivity contribution in [1.29, 1.82) is 0 Å². The maximum Gasteiger partial charge on any atom is 0.416 e. The first kappa shape index (κ1) is 18.6. The second kappa shape index (κ2) is 7.36. The topological polar surface area (TPSA) is 69.2 Å². The van der Waals surface area contributed by atoms with Crippen LogP contribution in [0, 0.1) is 0 Å². The van der Waals surface area contributed by atoms with Crippen LogP contribution in [0.4, 0.5) is 13.2 Å². The third-order valence-electron chi connectivity index (χ3n) is 4.60. The number of morpholine rings is 1. The van der Waals surface area contributed by atoms with E-state index in [2.05, 4.69) is 20.1 Å². The van der Waals surface area contributed by atoms with Crippen LogP contribution < -0.4 is 0 Å². The van der Waals surface area contributed by atoms with E-state index in [0.29, 0.717) is 43.6 Å². The van der Waals surface area contributed by atoms with Gasteiger partial charge < -0.3 is 9.26 Å². The molecule has 148 valence electrons. The molecule has 1 unspecified atom stereocenters. The van der Waals surface area contributed by atoms with Crippen LogP contribution >= 0.6 is 0 Å². The van der Waals surface area contributed by atoms with Crippen molar-refractivity contribution in [1.82, 2.24) is 24.8 Å². The fourth-order valence-electron chi connectivity index (χ4n) is 3.12. The Hall–Kier alpha value is -2.72. The molecule has 0 aliphatic carbocycles. The van der Waals surface area contributed by atoms with Gasteiger partial charge in [0.05, 0.1) is 36.6 Å². The van der Waals surface area contributed by atoms with Gasteiger partial charge in [0.15, 0.2) is 5.82 Å². The maximum atomic E-state index is 12.7. The molecule has 3 aromatic rings. The largest absolute Gasteiger partial charge is 0.416 e. The van der Waals surface area contributed by atoms with Gasteiger partial charge in [-0.15, -0.1) is 0 Å². The Bertz CT molecular complexity index is 935. The van der Waals surface area contributed by atoms with Crippen LogP contribution in [-0.2, 0) is 24.5 Å². The third kappa shape index (κ3) is 3.92. The number of benzene rings is 1. The van der Waals surface area contributed by atoms with E-state index in [1.807, 2.05) is 0 Å². The molecule has 10 heteroatoms. The monoisotopic (exact) mass is 393 g/mol. The van der Waals surface area contributed by atoms with Gasteiger partial charge in [0.25, 0.3) is 5.89 Å². The molecule has 0 amide bonds. The molecule has 7 nitrogen and oxygen atoms in total. The summed E-state index contributed by atoms with van der Waals surface area (Å²) in [5.74, 6) is 0.841. The van der Waals surface area contributed by atoms with Crippen LogP contribution in [0.3, 0.4) is 0 Å². The van der Waals surface area contributed by atoms with Gasteiger partial charge in [-0.3, -0.25) is 9.58 Å². The lowest BCUT2D eigenvalue weighted by molar-refractivity contribution is -0.137. The normalized spacial score (nSPS) is 18.5. The number of halogens is 3. The average molecular weight is 393 g/mol. The molecule has 0 radical (unpaired) electrons. The highest BCUT2D eigenvalue weighted by molar-refractivity contribution is 5.49. The summed E-state index contributed by atoms with van der Waals surface area (Å²) in [4.78, 5) is 6.53. The number of hydrogen-bond acceptors (Lipinski definition) is 6. The Morgan fingerprint density at radius 1 is 1.21 bits per heavy atom. The molecule has 1 atom stereocenters. The summed E-state index contributed by atoms with van der Waals surface area (Å²) in [7, 11) is 1.79. The van der Waals surface area contributed by atoms with Crippen LogP contribution in [0.1, 0.15) is 23.0 Å². The predicted octanol–water partition coefficient (Wildman–Crippen LogP) is 3.06. The van der Waals surface area contributed by atoms with Crippen LogP contribution in [0.5, 0.6) is 0 Å². The minimum absolute atomic E-state index is 0.245. The minimum Gasteiger partial charge on any atom is -0.378 e. The van der Waals surface area contributed by atoms with Crippen molar-refractivity contribution in [3.05, 3.63) is 53.6 Å². The van der Waals surface area contributed by atoms with E-state index in [9.17, 15) is 13.2 Å². The summed E-state index contributed by atoms with van der Waals surface area (Å²) in [6, 6.07) is 4.93. The second-order valence-electron chi connectivity index (χ2n) is 6.62. The van der Waals surface area contributed by atoms with Crippen molar-refractivity contribution < 1.29 is 22.4 Å². The van der Waals surface area contributed by atoms with Crippen molar-refractivity contribution in [2.24, 2.45) is 7.05 Å². The Morgan fingerprint density at radius 2 is 2.00 bits per heavy atom. The zero-order valence-electron chi connectivity index (χ0n) is 15.1. The molecule has 1 aliphatic rings. The van der Waals surface area contributed by atoms with E-state index in [1.54, 1.807) is 24.1 Å². The first-order chi connectivity index (χ1) is 13.4. The molecule has 0 spiro atoms. The lowest BCUT2D eigenvalue weighted by atomic mass is 10.1. The van der Waals surface area contributed by atoms with Gasteiger partial charge in [-0.2, -0.15) is 23.3 Å². The summed E-state index contributed by atoms with van der Waals surface area (Å²) in [5, 5.41) is 8.15. The average Bonchev–Trinajstić information content (AvgIpc) is 3.31. The summed E-state index contributed by atoms with van der Waals surface area (Å²) in [6.45, 7) is 1.99. The molecule has 1 fully saturated rings. The summed E-state index contributed by atoms with van der Waals surface area (Å²) in [6.07, 6.45) is -0.934. The molecule has 0 saturated carbocycles. The van der Waals surface area contributed by atoms with Crippen LogP contribution in [0.25, 0.3) is 11.5 Å². The van der Waals surface area contributed by atoms with Crippen molar-refractivity contribution >= 4 is 0 Å². The van der Waals surface area contributed by atoms with Gasteiger partial charge in [0.1, 0.15) is 0 Å². The van der Waals surface area contributed by atoms with E-state index < -0.39 is 11.7 Å². The molecule has 2 aromatic heterocycles. The second-order valence-corrected chi connectivity index (χ2v) is 6.62. The van der Waals surface area contributed by atoms with Crippen molar-refractivity contribution in [3.63, 3.8) is 0 Å². The van der Waals surface area contributed by atoms with Crippen LogP contribution in [-0.4, -0.2) is 44.6 Å². The predicted molar refractivity (Wildman–Crippen MR) is 91.9 cm³/mol. The zero-order valence-corrected chi connectivity index (χ0v) is 15.1. The molecule has 0 N–H and O–H groups in total. The highest BCUT2D eigenvalue weighted by Gasteiger charge is 2.31. The molecule has 1 aromatic carbocycles. The summed E-state index contributed by atoms with van der Waals surface area (Å²) in [5.41, 5.74) is 0.831. The zero-order chi connectivity index (χ0) is 19.7. The first-order valence-corrected chi connectivity index (χ1v) is 8.71. The Kier molecular flexibility index (Phi) is 4.90. The fraction of sp³-hybridized carbons (Fsp3) is 0.389. The smallest absolute Gasteiger partial charge is 0.378 e. The first-order valence-electron chi connectivity index (χ1n) is 8.71. The lowest BCUT2D eigenvalue weighted by Crippen LogP contribution is -2.39. The van der Waals surface area contributed by atoms with Gasteiger partial charge in [0, 0.05) is 26.3 Å². The highest BCUT2D eigenvalue weighted by Crippen LogP contribution is 2.30. The Balaban J connectivity index is 1.51. The fourth-order valence-corrected chi connectivity index (χ4v) is 3.12. The van der Waals surface area contributed by atoms with E-state index in [1.165, 1.54) is 12.1 Å². The minimum atomic E-state index is -4.34. The number of nitrogens with zero attached hydrogens (tertiary/aromatic N) is 5. The van der Waals surface area contributed by atoms with E-state index in [4.69, 9.17) is 9.26 Å². The third-order valence-corrected chi connectivity index (χ3v) is 4.60. The van der Waals surface area contributed by atoms with E-state index >= 15 is 0 Å². The number of aryl methyl sites for hydroxylation is 1. The number of aromatic nitrogens is 4. The molecule has 28 heavy (non-hydrogen) atoms. The van der Waals surface area contributed by atoms with Gasteiger partial charge in [-0.1, -0.05) is 17.3 Å². The molecule has 1 saturated heterocycles. The standard InChI is InChI=1S/C18H18F3N5O2/c1-25-10-13(8-22-25)17-23-16(24-28-17)15-11-27-7-6-26(15)9-12-2-4-14(5-3-12)18(19,20)21/h2-5,8,10,15H,6-7,9,11H2,1H3. The van der Waals surface area contributed by atoms with Gasteiger partial charge in [-0.05, 0) is 17.7 Å². The van der Waals surface area contributed by atoms with E-state index in [-0.39, 0.29) is 6.04 Å². The number of ether oxygens (including phenoxy) is 1. The molecular formula is C18H18F3N5O2. The van der Waals surface area contributed by atoms with Gasteiger partial charge in [0.2, 0.25) is 0 Å². The lowest BCUT2D eigenvalue weighted by Gasteiger charge is -2.33. The quantitative estimate of drug-likeness (QED) is 0.679. The van der Waals surface area contributed by atoms with Crippen molar-refractivity contribution in [2.45, 2.75) is 18.8 Å². The molecule has 4 rings (SSSR count). The van der Waals surface area contributed by atoms with E-state index in [0.717, 1.165) is 17.7 Å². The maximum absolute atomic E-state index is 12.7. The highest BCUT2D eigenvalue weighted by atomic mass is 19.4. The Morgan fingerprint density at radius 3 is 2.68 bits per heavy atom. The van der Waals surface area contributed by atoms with Crippen LogP contribution in [0.2, 0.25) is 0 Å². The number of alkyl halides is 3.